The summed E-state index contributed by atoms with van der Waals surface area (Å²) in [5.74, 6) is 1.08. The zero-order chi connectivity index (χ0) is 18.4. The third-order valence-corrected chi connectivity index (χ3v) is 6.04. The molecule has 0 radical (unpaired) electrons. The molecule has 0 saturated carbocycles. The summed E-state index contributed by atoms with van der Waals surface area (Å²) in [6.07, 6.45) is 8.40. The molecule has 27 heavy (non-hydrogen) atoms. The number of hydrogen-bond donors (Lipinski definition) is 2. The highest BCUT2D eigenvalue weighted by molar-refractivity contribution is 5.89. The first-order chi connectivity index (χ1) is 13.2. The molecule has 2 fully saturated rings. The third-order valence-electron chi connectivity index (χ3n) is 6.04. The minimum absolute atomic E-state index is 0.195. The van der Waals surface area contributed by atoms with Crippen LogP contribution in [0.1, 0.15) is 25.7 Å². The number of aromatic nitrogens is 3. The predicted molar refractivity (Wildman–Crippen MR) is 106 cm³/mol. The molecule has 1 aromatic carbocycles. The Balaban J connectivity index is 1.41. The monoisotopic (exact) mass is 361 g/mol. The molecule has 2 N–H and O–H groups in total. The van der Waals surface area contributed by atoms with E-state index in [9.17, 15) is 5.11 Å². The zero-order valence-corrected chi connectivity index (χ0v) is 15.3. The van der Waals surface area contributed by atoms with Crippen LogP contribution in [0, 0.1) is 0 Å². The standard InChI is InChI=1S/C21H23N5O/c1-26(17-10-15-2-3-16(11-17)23-15)21-5-4-19(24-25-21)18-8-13-6-7-22-12-14(13)9-20(18)27/h4-9,12,15-17,23,27H,2-3,10-11H2,1H3/t15-,16?,17?/m1/s1. The lowest BCUT2D eigenvalue weighted by atomic mass is 9.98. The summed E-state index contributed by atoms with van der Waals surface area (Å²) >= 11 is 0. The molecule has 3 aromatic rings. The first-order valence-electron chi connectivity index (χ1n) is 9.57. The number of rotatable bonds is 3. The third kappa shape index (κ3) is 3.00. The lowest BCUT2D eigenvalue weighted by Crippen LogP contribution is -2.47. The maximum atomic E-state index is 10.4. The largest absolute Gasteiger partial charge is 0.507 e. The van der Waals surface area contributed by atoms with Crippen LogP contribution in [-0.2, 0) is 0 Å². The van der Waals surface area contributed by atoms with Gasteiger partial charge in [-0.1, -0.05) is 0 Å². The van der Waals surface area contributed by atoms with Gasteiger partial charge in [0.15, 0.2) is 5.82 Å². The second-order valence-corrected chi connectivity index (χ2v) is 7.74. The lowest BCUT2D eigenvalue weighted by Gasteiger charge is -2.36. The Kier molecular flexibility index (Phi) is 3.93. The van der Waals surface area contributed by atoms with Crippen molar-refractivity contribution in [2.75, 3.05) is 11.9 Å². The Morgan fingerprint density at radius 2 is 1.85 bits per heavy atom. The number of nitrogens with zero attached hydrogens (tertiary/aromatic N) is 4. The maximum absolute atomic E-state index is 10.4. The van der Waals surface area contributed by atoms with Crippen molar-refractivity contribution >= 4 is 16.6 Å². The van der Waals surface area contributed by atoms with E-state index in [4.69, 9.17) is 0 Å². The van der Waals surface area contributed by atoms with Crippen LogP contribution in [-0.4, -0.2) is 45.5 Å². The highest BCUT2D eigenvalue weighted by Gasteiger charge is 2.35. The van der Waals surface area contributed by atoms with Crippen LogP contribution in [0.3, 0.4) is 0 Å². The van der Waals surface area contributed by atoms with Gasteiger partial charge < -0.3 is 15.3 Å². The van der Waals surface area contributed by atoms with Gasteiger partial charge in [-0.25, -0.2) is 0 Å². The fourth-order valence-electron chi connectivity index (χ4n) is 4.52. The fourth-order valence-corrected chi connectivity index (χ4v) is 4.52. The molecule has 2 aliphatic heterocycles. The van der Waals surface area contributed by atoms with Crippen molar-refractivity contribution in [1.29, 1.82) is 0 Å². The first kappa shape index (κ1) is 16.4. The Morgan fingerprint density at radius 1 is 1.04 bits per heavy atom. The quantitative estimate of drug-likeness (QED) is 0.747. The van der Waals surface area contributed by atoms with Crippen molar-refractivity contribution in [3.05, 3.63) is 42.7 Å². The van der Waals surface area contributed by atoms with Gasteiger partial charge in [-0.05, 0) is 61.4 Å². The van der Waals surface area contributed by atoms with Crippen molar-refractivity contribution < 1.29 is 5.11 Å². The minimum atomic E-state index is 0.195. The van der Waals surface area contributed by atoms with Crippen molar-refractivity contribution in [2.24, 2.45) is 0 Å². The van der Waals surface area contributed by atoms with Crippen LogP contribution in [0.25, 0.3) is 22.0 Å². The number of benzene rings is 1. The molecule has 0 spiro atoms. The van der Waals surface area contributed by atoms with Crippen molar-refractivity contribution in [1.82, 2.24) is 20.5 Å². The lowest BCUT2D eigenvalue weighted by molar-refractivity contribution is 0.353. The SMILES string of the molecule is CN(c1ccc(-c2cc3ccncc3cc2O)nn1)C1CC2CC[C@H](C1)N2. The Hall–Kier alpha value is -2.73. The molecule has 0 aliphatic carbocycles. The van der Waals surface area contributed by atoms with Gasteiger partial charge in [0.1, 0.15) is 5.75 Å². The summed E-state index contributed by atoms with van der Waals surface area (Å²) in [5, 5.41) is 24.9. The van der Waals surface area contributed by atoms with E-state index in [1.807, 2.05) is 24.3 Å². The average molecular weight is 361 g/mol. The fraction of sp³-hybridized carbons (Fsp3) is 0.381. The Morgan fingerprint density at radius 3 is 2.59 bits per heavy atom. The van der Waals surface area contributed by atoms with E-state index in [1.165, 1.54) is 12.8 Å². The summed E-state index contributed by atoms with van der Waals surface area (Å²) in [4.78, 5) is 6.36. The number of aromatic hydroxyl groups is 1. The van der Waals surface area contributed by atoms with Crippen LogP contribution in [0.5, 0.6) is 5.75 Å². The van der Waals surface area contributed by atoms with Gasteiger partial charge in [-0.3, -0.25) is 4.98 Å². The summed E-state index contributed by atoms with van der Waals surface area (Å²) in [6, 6.07) is 11.3. The van der Waals surface area contributed by atoms with Crippen LogP contribution in [0.15, 0.2) is 42.7 Å². The van der Waals surface area contributed by atoms with Crippen LogP contribution in [0.4, 0.5) is 5.82 Å². The Bertz CT molecular complexity index is 962. The molecule has 2 unspecified atom stereocenters. The van der Waals surface area contributed by atoms with Gasteiger partial charge in [-0.2, -0.15) is 0 Å². The normalized spacial score (nSPS) is 24.3. The highest BCUT2D eigenvalue weighted by Crippen LogP contribution is 2.33. The van der Waals surface area contributed by atoms with Gasteiger partial charge >= 0.3 is 0 Å². The number of phenolic OH excluding ortho intramolecular Hbond substituents is 1. The minimum Gasteiger partial charge on any atom is -0.507 e. The van der Waals surface area contributed by atoms with Gasteiger partial charge in [0.05, 0.1) is 5.69 Å². The number of anilines is 1. The number of nitrogens with one attached hydrogen (secondary N) is 1. The molecular weight excluding hydrogens is 338 g/mol. The van der Waals surface area contributed by atoms with Gasteiger partial charge in [0.2, 0.25) is 0 Å². The van der Waals surface area contributed by atoms with E-state index in [1.54, 1.807) is 18.5 Å². The average Bonchev–Trinajstić information content (AvgIpc) is 3.04. The molecule has 2 aromatic heterocycles. The summed E-state index contributed by atoms with van der Waals surface area (Å²) < 4.78 is 0. The molecule has 3 atom stereocenters. The van der Waals surface area contributed by atoms with Crippen LogP contribution in [0.2, 0.25) is 0 Å². The topological polar surface area (TPSA) is 74.2 Å². The predicted octanol–water partition coefficient (Wildman–Crippen LogP) is 3.12. The van der Waals surface area contributed by atoms with Crippen molar-refractivity contribution in [2.45, 2.75) is 43.8 Å². The van der Waals surface area contributed by atoms with Crippen LogP contribution >= 0.6 is 0 Å². The van der Waals surface area contributed by atoms with Crippen LogP contribution < -0.4 is 10.2 Å². The summed E-state index contributed by atoms with van der Waals surface area (Å²) in [7, 11) is 2.11. The van der Waals surface area contributed by atoms with Crippen molar-refractivity contribution in [3.63, 3.8) is 0 Å². The molecule has 4 heterocycles. The van der Waals surface area contributed by atoms with Crippen molar-refractivity contribution in [3.8, 4) is 17.0 Å². The molecule has 0 amide bonds. The van der Waals surface area contributed by atoms with Gasteiger partial charge in [0.25, 0.3) is 0 Å². The van der Waals surface area contributed by atoms with E-state index in [-0.39, 0.29) is 5.75 Å². The smallest absolute Gasteiger partial charge is 0.151 e. The second-order valence-electron chi connectivity index (χ2n) is 7.74. The molecule has 138 valence electrons. The second kappa shape index (κ2) is 6.46. The molecule has 6 nitrogen and oxygen atoms in total. The van der Waals surface area contributed by atoms with Gasteiger partial charge in [0, 0.05) is 48.5 Å². The number of pyridine rings is 1. The van der Waals surface area contributed by atoms with E-state index in [0.29, 0.717) is 29.4 Å². The van der Waals surface area contributed by atoms with E-state index in [0.717, 1.165) is 29.4 Å². The van der Waals surface area contributed by atoms with E-state index in [2.05, 4.69) is 32.4 Å². The molecular formula is C21H23N5O. The highest BCUT2D eigenvalue weighted by atomic mass is 16.3. The summed E-state index contributed by atoms with van der Waals surface area (Å²) in [6.45, 7) is 0. The molecule has 6 heteroatoms. The molecule has 2 saturated heterocycles. The number of hydrogen-bond acceptors (Lipinski definition) is 6. The first-order valence-corrected chi connectivity index (χ1v) is 9.57. The van der Waals surface area contributed by atoms with Gasteiger partial charge in [-0.15, -0.1) is 10.2 Å². The maximum Gasteiger partial charge on any atom is 0.151 e. The molecule has 2 bridgehead atoms. The van der Waals surface area contributed by atoms with E-state index < -0.39 is 0 Å². The number of fused-ring (bicyclic) bond motifs is 3. The zero-order valence-electron chi connectivity index (χ0n) is 15.3. The van der Waals surface area contributed by atoms with E-state index >= 15 is 0 Å². The molecule has 2 aliphatic rings. The number of piperidine rings is 1. The summed E-state index contributed by atoms with van der Waals surface area (Å²) in [5.41, 5.74) is 1.36. The number of phenols is 1. The Labute approximate surface area is 158 Å². The molecule has 5 rings (SSSR count).